The molecule has 0 radical (unpaired) electrons. The molecule has 2 aliphatic rings. The number of hydrogen-bond acceptors (Lipinski definition) is 6. The van der Waals surface area contributed by atoms with Crippen molar-refractivity contribution in [1.82, 2.24) is 0 Å². The number of fused-ring (bicyclic) bond motifs is 1. The maximum Gasteiger partial charge on any atom is 0.186 e. The van der Waals surface area contributed by atoms with E-state index in [9.17, 15) is 5.11 Å². The molecule has 1 aromatic carbocycles. The zero-order chi connectivity index (χ0) is 15.5. The van der Waals surface area contributed by atoms with Gasteiger partial charge in [-0.2, -0.15) is 0 Å². The van der Waals surface area contributed by atoms with E-state index in [1.807, 2.05) is 30.3 Å². The standard InChI is InChI=1S/C14H17N3O5/c1-19-14-12-11(10(18)9(20-14)7-16-17-15)21-13(22-12)8-5-3-2-4-6-8/h2-6,9-14,18H,7H2,1H3/t9-,10-,11+,12+,13?,14+/m1/s1. The molecule has 1 unspecified atom stereocenters. The van der Waals surface area contributed by atoms with Crippen molar-refractivity contribution in [3.8, 4) is 0 Å². The first kappa shape index (κ1) is 15.2. The minimum Gasteiger partial charge on any atom is -0.388 e. The lowest BCUT2D eigenvalue weighted by atomic mass is 9.99. The summed E-state index contributed by atoms with van der Waals surface area (Å²) in [6.45, 7) is 0.000109. The van der Waals surface area contributed by atoms with Crippen LogP contribution < -0.4 is 0 Å². The van der Waals surface area contributed by atoms with E-state index in [-0.39, 0.29) is 6.54 Å². The highest BCUT2D eigenvalue weighted by Crippen LogP contribution is 2.39. The fourth-order valence-corrected chi connectivity index (χ4v) is 2.73. The number of aliphatic hydroxyl groups excluding tert-OH is 1. The average Bonchev–Trinajstić information content (AvgIpc) is 3.01. The first-order chi connectivity index (χ1) is 10.7. The smallest absolute Gasteiger partial charge is 0.186 e. The van der Waals surface area contributed by atoms with Gasteiger partial charge < -0.3 is 24.1 Å². The highest BCUT2D eigenvalue weighted by atomic mass is 16.8. The van der Waals surface area contributed by atoms with E-state index in [0.717, 1.165) is 5.56 Å². The van der Waals surface area contributed by atoms with Gasteiger partial charge >= 0.3 is 0 Å². The predicted molar refractivity (Wildman–Crippen MR) is 74.6 cm³/mol. The van der Waals surface area contributed by atoms with Crippen molar-refractivity contribution in [2.45, 2.75) is 37.0 Å². The van der Waals surface area contributed by atoms with Crippen molar-refractivity contribution >= 4 is 0 Å². The minimum atomic E-state index is -0.962. The Morgan fingerprint density at radius 2 is 1.95 bits per heavy atom. The van der Waals surface area contributed by atoms with Gasteiger partial charge in [-0.3, -0.25) is 0 Å². The average molecular weight is 307 g/mol. The molecule has 0 bridgehead atoms. The third kappa shape index (κ3) is 2.80. The van der Waals surface area contributed by atoms with E-state index in [2.05, 4.69) is 10.0 Å². The van der Waals surface area contributed by atoms with Crippen LogP contribution in [-0.2, 0) is 18.9 Å². The van der Waals surface area contributed by atoms with E-state index >= 15 is 0 Å². The lowest BCUT2D eigenvalue weighted by Gasteiger charge is -2.38. The molecule has 1 N–H and O–H groups in total. The number of ether oxygens (including phenoxy) is 4. The van der Waals surface area contributed by atoms with Gasteiger partial charge in [0.15, 0.2) is 12.6 Å². The number of aliphatic hydroxyl groups is 1. The van der Waals surface area contributed by atoms with Crippen molar-refractivity contribution < 1.29 is 24.1 Å². The van der Waals surface area contributed by atoms with Gasteiger partial charge in [-0.25, -0.2) is 0 Å². The molecular weight excluding hydrogens is 290 g/mol. The Kier molecular flexibility index (Phi) is 4.58. The second-order valence-corrected chi connectivity index (χ2v) is 5.13. The summed E-state index contributed by atoms with van der Waals surface area (Å²) < 4.78 is 22.6. The number of azide groups is 1. The van der Waals surface area contributed by atoms with Crippen LogP contribution in [0.1, 0.15) is 11.9 Å². The van der Waals surface area contributed by atoms with Crippen LogP contribution in [0.15, 0.2) is 35.4 Å². The summed E-state index contributed by atoms with van der Waals surface area (Å²) in [6.07, 6.45) is -4.10. The Morgan fingerprint density at radius 3 is 2.64 bits per heavy atom. The van der Waals surface area contributed by atoms with Gasteiger partial charge in [-0.15, -0.1) is 0 Å². The molecule has 2 aliphatic heterocycles. The van der Waals surface area contributed by atoms with Crippen LogP contribution >= 0.6 is 0 Å². The van der Waals surface area contributed by atoms with Gasteiger partial charge in [-0.1, -0.05) is 35.4 Å². The van der Waals surface area contributed by atoms with Crippen molar-refractivity contribution in [3.05, 3.63) is 46.3 Å². The van der Waals surface area contributed by atoms with Gasteiger partial charge in [0.1, 0.15) is 18.3 Å². The second-order valence-electron chi connectivity index (χ2n) is 5.13. The van der Waals surface area contributed by atoms with Crippen molar-refractivity contribution in [2.24, 2.45) is 5.11 Å². The van der Waals surface area contributed by atoms with Gasteiger partial charge in [0.25, 0.3) is 0 Å². The number of hydrogen-bond donors (Lipinski definition) is 1. The summed E-state index contributed by atoms with van der Waals surface area (Å²) in [6, 6.07) is 9.44. The maximum absolute atomic E-state index is 10.4. The zero-order valence-electron chi connectivity index (χ0n) is 12.0. The molecule has 0 aromatic heterocycles. The van der Waals surface area contributed by atoms with E-state index in [0.29, 0.717) is 0 Å². The Labute approximate surface area is 127 Å². The summed E-state index contributed by atoms with van der Waals surface area (Å²) in [7, 11) is 1.49. The lowest BCUT2D eigenvalue weighted by molar-refractivity contribution is -0.263. The van der Waals surface area contributed by atoms with Crippen LogP contribution in [0.5, 0.6) is 0 Å². The molecule has 118 valence electrons. The summed E-state index contributed by atoms with van der Waals surface area (Å²) in [5, 5.41) is 13.8. The summed E-state index contributed by atoms with van der Waals surface area (Å²) in [4.78, 5) is 2.68. The van der Waals surface area contributed by atoms with Crippen LogP contribution in [0, 0.1) is 0 Å². The molecule has 1 aromatic rings. The number of rotatable bonds is 4. The van der Waals surface area contributed by atoms with Gasteiger partial charge in [-0.05, 0) is 5.53 Å². The zero-order valence-corrected chi connectivity index (χ0v) is 12.0. The van der Waals surface area contributed by atoms with Crippen molar-refractivity contribution in [1.29, 1.82) is 0 Å². The fraction of sp³-hybridized carbons (Fsp3) is 0.571. The largest absolute Gasteiger partial charge is 0.388 e. The molecule has 0 saturated carbocycles. The molecule has 0 spiro atoms. The van der Waals surface area contributed by atoms with E-state index in [4.69, 9.17) is 24.5 Å². The number of nitrogens with zero attached hydrogens (tertiary/aromatic N) is 3. The van der Waals surface area contributed by atoms with Crippen LogP contribution in [0.3, 0.4) is 0 Å². The monoisotopic (exact) mass is 307 g/mol. The van der Waals surface area contributed by atoms with Crippen LogP contribution in [0.4, 0.5) is 0 Å². The second kappa shape index (κ2) is 6.62. The Morgan fingerprint density at radius 1 is 1.23 bits per heavy atom. The fourth-order valence-electron chi connectivity index (χ4n) is 2.73. The van der Waals surface area contributed by atoms with Crippen LogP contribution in [-0.4, -0.2) is 49.5 Å². The van der Waals surface area contributed by atoms with Gasteiger partial charge in [0.2, 0.25) is 0 Å². The number of benzene rings is 1. The molecule has 8 heteroatoms. The molecular formula is C14H17N3O5. The van der Waals surface area contributed by atoms with E-state index in [1.54, 1.807) is 0 Å². The molecule has 0 aliphatic carbocycles. The minimum absolute atomic E-state index is 0.000109. The Bertz CT molecular complexity index is 551. The molecule has 6 atom stereocenters. The highest BCUT2D eigenvalue weighted by Gasteiger charge is 2.52. The Balaban J connectivity index is 1.79. The molecule has 2 saturated heterocycles. The first-order valence-electron chi connectivity index (χ1n) is 6.97. The molecule has 2 heterocycles. The molecule has 2 fully saturated rings. The van der Waals surface area contributed by atoms with Gasteiger partial charge in [0.05, 0.1) is 12.6 Å². The molecule has 22 heavy (non-hydrogen) atoms. The third-order valence-corrected chi connectivity index (χ3v) is 3.81. The SMILES string of the molecule is CO[C@H]1O[C@H](CN=[N+]=[N-])[C@@H](O)[C@@H]2OC(c3ccccc3)O[C@H]12. The predicted octanol–water partition coefficient (Wildman–Crippen LogP) is 1.51. The molecule has 3 rings (SSSR count). The molecule has 8 nitrogen and oxygen atoms in total. The van der Waals surface area contributed by atoms with Crippen molar-refractivity contribution in [3.63, 3.8) is 0 Å². The van der Waals surface area contributed by atoms with E-state index < -0.39 is 37.0 Å². The van der Waals surface area contributed by atoms with Gasteiger partial charge in [0, 0.05) is 17.6 Å². The topological polar surface area (TPSA) is 106 Å². The third-order valence-electron chi connectivity index (χ3n) is 3.81. The van der Waals surface area contributed by atoms with Crippen LogP contribution in [0.2, 0.25) is 0 Å². The number of methoxy groups -OCH3 is 1. The van der Waals surface area contributed by atoms with Crippen molar-refractivity contribution in [2.75, 3.05) is 13.7 Å². The summed E-state index contributed by atoms with van der Waals surface area (Å²) in [5.74, 6) is 0. The Hall–Kier alpha value is -1.67. The summed E-state index contributed by atoms with van der Waals surface area (Å²) >= 11 is 0. The highest BCUT2D eigenvalue weighted by molar-refractivity contribution is 5.17. The van der Waals surface area contributed by atoms with Crippen LogP contribution in [0.25, 0.3) is 10.4 Å². The first-order valence-corrected chi connectivity index (χ1v) is 6.97. The normalized spacial score (nSPS) is 37.4. The maximum atomic E-state index is 10.4. The quantitative estimate of drug-likeness (QED) is 0.515. The lowest BCUT2D eigenvalue weighted by Crippen LogP contribution is -2.57. The van der Waals surface area contributed by atoms with E-state index in [1.165, 1.54) is 7.11 Å². The summed E-state index contributed by atoms with van der Waals surface area (Å²) in [5.41, 5.74) is 9.27. The molecule has 0 amide bonds.